The number of hydrogen-bond acceptors (Lipinski definition) is 4. The third-order valence-corrected chi connectivity index (χ3v) is 4.74. The Bertz CT molecular complexity index is 461. The first-order valence-electron chi connectivity index (χ1n) is 9.84. The first-order valence-corrected chi connectivity index (χ1v) is 9.84. The van der Waals surface area contributed by atoms with Crippen LogP contribution in [0, 0.1) is 5.92 Å². The number of benzene rings is 1. The van der Waals surface area contributed by atoms with Crippen molar-refractivity contribution in [1.82, 2.24) is 5.32 Å². The predicted octanol–water partition coefficient (Wildman–Crippen LogP) is 3.99. The normalized spacial score (nSPS) is 16.3. The van der Waals surface area contributed by atoms with E-state index in [0.29, 0.717) is 19.2 Å². The zero-order chi connectivity index (χ0) is 17.9. The highest BCUT2D eigenvalue weighted by molar-refractivity contribution is 5.85. The van der Waals surface area contributed by atoms with Gasteiger partial charge in [0, 0.05) is 19.2 Å². The van der Waals surface area contributed by atoms with E-state index in [9.17, 15) is 5.11 Å². The second-order valence-electron chi connectivity index (χ2n) is 7.50. The van der Waals surface area contributed by atoms with Crippen LogP contribution in [0.2, 0.25) is 0 Å². The summed E-state index contributed by atoms with van der Waals surface area (Å²) in [5.41, 5.74) is 1.26. The molecule has 4 nitrogen and oxygen atoms in total. The van der Waals surface area contributed by atoms with Crippen molar-refractivity contribution in [2.45, 2.75) is 64.5 Å². The topological polar surface area (TPSA) is 50.7 Å². The molecule has 0 spiro atoms. The van der Waals surface area contributed by atoms with E-state index in [1.54, 1.807) is 0 Å². The molecule has 1 aliphatic carbocycles. The van der Waals surface area contributed by atoms with E-state index in [1.807, 2.05) is 12.1 Å². The predicted molar refractivity (Wildman–Crippen MR) is 109 cm³/mol. The molecule has 1 saturated carbocycles. The summed E-state index contributed by atoms with van der Waals surface area (Å²) in [7, 11) is 0. The summed E-state index contributed by atoms with van der Waals surface area (Å²) < 4.78 is 11.5. The summed E-state index contributed by atoms with van der Waals surface area (Å²) in [5, 5.41) is 13.1. The standard InChI is InChI=1S/C21H35NO3.ClH/c1-17(2)22-14-20(23)16-25-21-10-8-18(9-11-21)12-13-24-15-19-6-4-3-5-7-19;/h8-11,17,19-20,22-23H,3-7,12-16H2,1-2H3;1H. The minimum absolute atomic E-state index is 0. The van der Waals surface area contributed by atoms with Crippen molar-refractivity contribution in [3.8, 4) is 5.75 Å². The van der Waals surface area contributed by atoms with Gasteiger partial charge in [-0.3, -0.25) is 0 Å². The fourth-order valence-electron chi connectivity index (χ4n) is 3.17. The lowest BCUT2D eigenvalue weighted by atomic mass is 9.90. The van der Waals surface area contributed by atoms with Gasteiger partial charge < -0.3 is 19.9 Å². The summed E-state index contributed by atoms with van der Waals surface area (Å²) in [4.78, 5) is 0. The van der Waals surface area contributed by atoms with Crippen molar-refractivity contribution in [1.29, 1.82) is 0 Å². The Balaban J connectivity index is 0.00000338. The van der Waals surface area contributed by atoms with Crippen molar-refractivity contribution >= 4 is 12.4 Å². The van der Waals surface area contributed by atoms with Crippen LogP contribution in [-0.4, -0.2) is 43.6 Å². The smallest absolute Gasteiger partial charge is 0.119 e. The third-order valence-electron chi connectivity index (χ3n) is 4.74. The minimum atomic E-state index is -0.490. The molecule has 1 aromatic rings. The maximum atomic E-state index is 9.86. The summed E-state index contributed by atoms with van der Waals surface area (Å²) in [6.07, 6.45) is 7.27. The lowest BCUT2D eigenvalue weighted by Gasteiger charge is -2.21. The molecule has 0 heterocycles. The number of rotatable bonds is 11. The summed E-state index contributed by atoms with van der Waals surface area (Å²) in [6.45, 7) is 6.69. The van der Waals surface area contributed by atoms with Gasteiger partial charge in [0.25, 0.3) is 0 Å². The molecule has 1 aromatic carbocycles. The fraction of sp³-hybridized carbons (Fsp3) is 0.714. The molecule has 2 rings (SSSR count). The molecule has 1 atom stereocenters. The van der Waals surface area contributed by atoms with Crippen LogP contribution in [0.15, 0.2) is 24.3 Å². The number of aliphatic hydroxyl groups is 1. The summed E-state index contributed by atoms with van der Waals surface area (Å²) in [5.74, 6) is 1.58. The molecule has 1 aliphatic rings. The van der Waals surface area contributed by atoms with Crippen molar-refractivity contribution in [3.05, 3.63) is 29.8 Å². The molecule has 0 amide bonds. The van der Waals surface area contributed by atoms with Crippen LogP contribution in [0.1, 0.15) is 51.5 Å². The lowest BCUT2D eigenvalue weighted by Crippen LogP contribution is -2.35. The van der Waals surface area contributed by atoms with Gasteiger partial charge in [-0.15, -0.1) is 12.4 Å². The molecule has 0 saturated heterocycles. The van der Waals surface area contributed by atoms with Gasteiger partial charge in [0.1, 0.15) is 18.5 Å². The maximum absolute atomic E-state index is 9.86. The van der Waals surface area contributed by atoms with Gasteiger partial charge in [0.05, 0.1) is 6.61 Å². The van der Waals surface area contributed by atoms with Crippen molar-refractivity contribution < 1.29 is 14.6 Å². The Kier molecular flexibility index (Phi) is 11.9. The van der Waals surface area contributed by atoms with E-state index in [-0.39, 0.29) is 12.4 Å². The Labute approximate surface area is 165 Å². The Morgan fingerprint density at radius 3 is 2.46 bits per heavy atom. The maximum Gasteiger partial charge on any atom is 0.119 e. The fourth-order valence-corrected chi connectivity index (χ4v) is 3.17. The molecule has 0 bridgehead atoms. The zero-order valence-electron chi connectivity index (χ0n) is 16.3. The molecule has 5 heteroatoms. The van der Waals surface area contributed by atoms with Gasteiger partial charge in [-0.05, 0) is 42.9 Å². The molecular formula is C21H36ClNO3. The quantitative estimate of drug-likeness (QED) is 0.565. The first-order chi connectivity index (χ1) is 12.1. The Morgan fingerprint density at radius 2 is 1.81 bits per heavy atom. The molecule has 0 radical (unpaired) electrons. The molecule has 0 aromatic heterocycles. The zero-order valence-corrected chi connectivity index (χ0v) is 17.1. The van der Waals surface area contributed by atoms with Gasteiger partial charge in [0.2, 0.25) is 0 Å². The number of nitrogens with one attached hydrogen (secondary N) is 1. The minimum Gasteiger partial charge on any atom is -0.491 e. The average Bonchev–Trinajstić information content (AvgIpc) is 2.63. The molecule has 1 unspecified atom stereocenters. The Hall–Kier alpha value is -0.810. The number of halogens is 1. The van der Waals surface area contributed by atoms with E-state index in [2.05, 4.69) is 31.3 Å². The molecule has 1 fully saturated rings. The number of aliphatic hydroxyl groups excluding tert-OH is 1. The van der Waals surface area contributed by atoms with E-state index in [1.165, 1.54) is 37.7 Å². The highest BCUT2D eigenvalue weighted by Crippen LogP contribution is 2.23. The Morgan fingerprint density at radius 1 is 1.12 bits per heavy atom. The van der Waals surface area contributed by atoms with Crippen LogP contribution >= 0.6 is 12.4 Å². The monoisotopic (exact) mass is 385 g/mol. The van der Waals surface area contributed by atoms with Crippen LogP contribution in [-0.2, 0) is 11.2 Å². The van der Waals surface area contributed by atoms with E-state index >= 15 is 0 Å². The lowest BCUT2D eigenvalue weighted by molar-refractivity contribution is 0.0874. The van der Waals surface area contributed by atoms with Crippen LogP contribution in [0.25, 0.3) is 0 Å². The summed E-state index contributed by atoms with van der Waals surface area (Å²) in [6, 6.07) is 8.48. The largest absolute Gasteiger partial charge is 0.491 e. The molecule has 2 N–H and O–H groups in total. The highest BCUT2D eigenvalue weighted by atomic mass is 35.5. The van der Waals surface area contributed by atoms with Gasteiger partial charge >= 0.3 is 0 Å². The average molecular weight is 386 g/mol. The van der Waals surface area contributed by atoms with Crippen molar-refractivity contribution in [3.63, 3.8) is 0 Å². The van der Waals surface area contributed by atoms with Crippen LogP contribution in [0.5, 0.6) is 5.75 Å². The van der Waals surface area contributed by atoms with Gasteiger partial charge in [-0.2, -0.15) is 0 Å². The molecule has 26 heavy (non-hydrogen) atoms. The van der Waals surface area contributed by atoms with Gasteiger partial charge in [-0.1, -0.05) is 45.2 Å². The van der Waals surface area contributed by atoms with Gasteiger partial charge in [0.15, 0.2) is 0 Å². The second-order valence-corrected chi connectivity index (χ2v) is 7.50. The van der Waals surface area contributed by atoms with E-state index in [0.717, 1.165) is 31.3 Å². The molecule has 150 valence electrons. The van der Waals surface area contributed by atoms with Crippen LogP contribution in [0.3, 0.4) is 0 Å². The van der Waals surface area contributed by atoms with Crippen LogP contribution in [0.4, 0.5) is 0 Å². The van der Waals surface area contributed by atoms with Crippen molar-refractivity contribution in [2.75, 3.05) is 26.4 Å². The highest BCUT2D eigenvalue weighted by Gasteiger charge is 2.13. The molecule has 0 aliphatic heterocycles. The number of hydrogen-bond donors (Lipinski definition) is 2. The number of ether oxygens (including phenoxy) is 2. The van der Waals surface area contributed by atoms with Crippen LogP contribution < -0.4 is 10.1 Å². The third kappa shape index (κ3) is 9.77. The van der Waals surface area contributed by atoms with E-state index < -0.39 is 6.10 Å². The van der Waals surface area contributed by atoms with Crippen molar-refractivity contribution in [2.24, 2.45) is 5.92 Å². The summed E-state index contributed by atoms with van der Waals surface area (Å²) >= 11 is 0. The second kappa shape index (κ2) is 13.4. The first kappa shape index (κ1) is 23.2. The van der Waals surface area contributed by atoms with Gasteiger partial charge in [-0.25, -0.2) is 0 Å². The SMILES string of the molecule is CC(C)NCC(O)COc1ccc(CCOCC2CCCCC2)cc1.Cl. The van der Waals surface area contributed by atoms with E-state index in [4.69, 9.17) is 9.47 Å². The molecular weight excluding hydrogens is 350 g/mol.